The van der Waals surface area contributed by atoms with E-state index in [1.807, 2.05) is 6.20 Å². The predicted octanol–water partition coefficient (Wildman–Crippen LogP) is 3.20. The number of pyridine rings is 1. The number of anilines is 1. The Balaban J connectivity index is 2.68. The number of hydrogen-bond acceptors (Lipinski definition) is 3. The van der Waals surface area contributed by atoms with Crippen LogP contribution in [0.15, 0.2) is 18.3 Å². The Kier molecular flexibility index (Phi) is 6.13. The molecule has 1 N–H and O–H groups in total. The van der Waals surface area contributed by atoms with Crippen LogP contribution < -0.4 is 10.2 Å². The van der Waals surface area contributed by atoms with Gasteiger partial charge in [-0.15, -0.1) is 0 Å². The third-order valence-corrected chi connectivity index (χ3v) is 3.27. The number of aromatic nitrogens is 1. The van der Waals surface area contributed by atoms with Crippen molar-refractivity contribution in [3.8, 4) is 0 Å². The van der Waals surface area contributed by atoms with Crippen molar-refractivity contribution < 1.29 is 0 Å². The largest absolute Gasteiger partial charge is 0.372 e. The summed E-state index contributed by atoms with van der Waals surface area (Å²) in [5, 5.41) is 3.40. The molecule has 0 aliphatic rings. The molecule has 0 amide bonds. The molecule has 102 valence electrons. The Morgan fingerprint density at radius 1 is 1.33 bits per heavy atom. The third-order valence-electron chi connectivity index (χ3n) is 3.27. The second kappa shape index (κ2) is 7.37. The summed E-state index contributed by atoms with van der Waals surface area (Å²) >= 11 is 0. The molecule has 0 radical (unpaired) electrons. The van der Waals surface area contributed by atoms with Gasteiger partial charge in [0.05, 0.1) is 5.69 Å². The van der Waals surface area contributed by atoms with Crippen LogP contribution in [-0.4, -0.2) is 24.1 Å². The zero-order valence-corrected chi connectivity index (χ0v) is 12.4. The van der Waals surface area contributed by atoms with Gasteiger partial charge in [-0.1, -0.05) is 27.2 Å². The average molecular weight is 249 g/mol. The van der Waals surface area contributed by atoms with E-state index in [0.29, 0.717) is 12.1 Å². The van der Waals surface area contributed by atoms with Gasteiger partial charge in [0, 0.05) is 37.6 Å². The van der Waals surface area contributed by atoms with Gasteiger partial charge in [-0.3, -0.25) is 4.98 Å². The Bertz CT molecular complexity index is 349. The SMILES string of the molecule is CCCC(C)N(C)c1ccnc(CNC(C)C)c1. The van der Waals surface area contributed by atoms with Crippen LogP contribution in [-0.2, 0) is 6.54 Å². The summed E-state index contributed by atoms with van der Waals surface area (Å²) in [5.41, 5.74) is 2.36. The van der Waals surface area contributed by atoms with Gasteiger partial charge < -0.3 is 10.2 Å². The van der Waals surface area contributed by atoms with Crippen molar-refractivity contribution in [1.29, 1.82) is 0 Å². The van der Waals surface area contributed by atoms with E-state index in [-0.39, 0.29) is 0 Å². The Morgan fingerprint density at radius 3 is 2.67 bits per heavy atom. The number of hydrogen-bond donors (Lipinski definition) is 1. The van der Waals surface area contributed by atoms with Gasteiger partial charge in [0.25, 0.3) is 0 Å². The van der Waals surface area contributed by atoms with Gasteiger partial charge in [-0.05, 0) is 25.5 Å². The zero-order chi connectivity index (χ0) is 13.5. The fourth-order valence-corrected chi connectivity index (χ4v) is 1.96. The Morgan fingerprint density at radius 2 is 2.06 bits per heavy atom. The highest BCUT2D eigenvalue weighted by molar-refractivity contribution is 5.46. The first kappa shape index (κ1) is 15.0. The summed E-state index contributed by atoms with van der Waals surface area (Å²) in [4.78, 5) is 6.75. The van der Waals surface area contributed by atoms with Gasteiger partial charge in [0.15, 0.2) is 0 Å². The lowest BCUT2D eigenvalue weighted by Gasteiger charge is -2.27. The number of nitrogens with one attached hydrogen (secondary N) is 1. The highest BCUT2D eigenvalue weighted by Gasteiger charge is 2.09. The van der Waals surface area contributed by atoms with Crippen LogP contribution >= 0.6 is 0 Å². The van der Waals surface area contributed by atoms with Crippen LogP contribution in [0.2, 0.25) is 0 Å². The maximum atomic E-state index is 4.41. The molecule has 3 heteroatoms. The van der Waals surface area contributed by atoms with Crippen molar-refractivity contribution in [3.63, 3.8) is 0 Å². The van der Waals surface area contributed by atoms with E-state index in [4.69, 9.17) is 0 Å². The Hall–Kier alpha value is -1.09. The van der Waals surface area contributed by atoms with Gasteiger partial charge in [-0.2, -0.15) is 0 Å². The number of nitrogens with zero attached hydrogens (tertiary/aromatic N) is 2. The maximum Gasteiger partial charge on any atom is 0.0562 e. The second-order valence-corrected chi connectivity index (χ2v) is 5.29. The van der Waals surface area contributed by atoms with E-state index in [1.54, 1.807) is 0 Å². The molecule has 0 aliphatic heterocycles. The quantitative estimate of drug-likeness (QED) is 0.804. The summed E-state index contributed by atoms with van der Waals surface area (Å²) in [6.45, 7) is 9.64. The van der Waals surface area contributed by atoms with E-state index >= 15 is 0 Å². The maximum absolute atomic E-state index is 4.41. The zero-order valence-electron chi connectivity index (χ0n) is 12.4. The lowest BCUT2D eigenvalue weighted by molar-refractivity contribution is 0.580. The predicted molar refractivity (Wildman–Crippen MR) is 79.0 cm³/mol. The van der Waals surface area contributed by atoms with Crippen LogP contribution in [0.4, 0.5) is 5.69 Å². The Labute approximate surface area is 112 Å². The van der Waals surface area contributed by atoms with Crippen molar-refractivity contribution in [2.24, 2.45) is 0 Å². The minimum atomic E-state index is 0.493. The molecule has 1 unspecified atom stereocenters. The van der Waals surface area contributed by atoms with Gasteiger partial charge in [-0.25, -0.2) is 0 Å². The monoisotopic (exact) mass is 249 g/mol. The molecule has 0 bridgehead atoms. The molecule has 1 aromatic rings. The van der Waals surface area contributed by atoms with Gasteiger partial charge in [0.1, 0.15) is 0 Å². The first-order valence-electron chi connectivity index (χ1n) is 6.95. The fourth-order valence-electron chi connectivity index (χ4n) is 1.96. The summed E-state index contributed by atoms with van der Waals surface area (Å²) in [6, 6.07) is 5.34. The molecule has 0 aromatic carbocycles. The average Bonchev–Trinajstić information content (AvgIpc) is 2.36. The van der Waals surface area contributed by atoms with Crippen LogP contribution in [0.25, 0.3) is 0 Å². The fraction of sp³-hybridized carbons (Fsp3) is 0.667. The standard InChI is InChI=1S/C15H27N3/c1-6-7-13(4)18(5)15-8-9-16-14(10-15)11-17-12(2)3/h8-10,12-13,17H,6-7,11H2,1-5H3. The summed E-state index contributed by atoms with van der Waals surface area (Å²) < 4.78 is 0. The molecule has 0 spiro atoms. The molecule has 1 rings (SSSR count). The van der Waals surface area contributed by atoms with E-state index in [1.165, 1.54) is 18.5 Å². The lowest BCUT2D eigenvalue weighted by Crippen LogP contribution is -2.29. The highest BCUT2D eigenvalue weighted by atomic mass is 15.1. The van der Waals surface area contributed by atoms with Crippen molar-refractivity contribution in [3.05, 3.63) is 24.0 Å². The molecule has 3 nitrogen and oxygen atoms in total. The minimum absolute atomic E-state index is 0.493. The van der Waals surface area contributed by atoms with E-state index in [0.717, 1.165) is 12.2 Å². The van der Waals surface area contributed by atoms with Crippen LogP contribution in [0, 0.1) is 0 Å². The molecular formula is C15H27N3. The highest BCUT2D eigenvalue weighted by Crippen LogP contribution is 2.17. The summed E-state index contributed by atoms with van der Waals surface area (Å²) in [7, 11) is 2.16. The summed E-state index contributed by atoms with van der Waals surface area (Å²) in [6.07, 6.45) is 4.35. The van der Waals surface area contributed by atoms with E-state index in [9.17, 15) is 0 Å². The van der Waals surface area contributed by atoms with Gasteiger partial charge >= 0.3 is 0 Å². The van der Waals surface area contributed by atoms with E-state index < -0.39 is 0 Å². The molecule has 0 aliphatic carbocycles. The minimum Gasteiger partial charge on any atom is -0.372 e. The molecule has 18 heavy (non-hydrogen) atoms. The van der Waals surface area contributed by atoms with Crippen molar-refractivity contribution in [2.75, 3.05) is 11.9 Å². The van der Waals surface area contributed by atoms with Crippen molar-refractivity contribution >= 4 is 5.69 Å². The van der Waals surface area contributed by atoms with Crippen LogP contribution in [0.5, 0.6) is 0 Å². The van der Waals surface area contributed by atoms with Crippen LogP contribution in [0.3, 0.4) is 0 Å². The van der Waals surface area contributed by atoms with Gasteiger partial charge in [0.2, 0.25) is 0 Å². The molecule has 1 heterocycles. The first-order chi connectivity index (χ1) is 8.54. The smallest absolute Gasteiger partial charge is 0.0562 e. The molecule has 0 fully saturated rings. The first-order valence-corrected chi connectivity index (χ1v) is 6.95. The molecule has 1 atom stereocenters. The third kappa shape index (κ3) is 4.65. The normalized spacial score (nSPS) is 12.8. The summed E-state index contributed by atoms with van der Waals surface area (Å²) in [5.74, 6) is 0. The van der Waals surface area contributed by atoms with Crippen LogP contribution in [0.1, 0.15) is 46.2 Å². The molecule has 1 aromatic heterocycles. The number of rotatable bonds is 7. The van der Waals surface area contributed by atoms with E-state index in [2.05, 4.69) is 62.1 Å². The second-order valence-electron chi connectivity index (χ2n) is 5.29. The molecular weight excluding hydrogens is 222 g/mol. The topological polar surface area (TPSA) is 28.2 Å². The van der Waals surface area contributed by atoms with Crippen molar-refractivity contribution in [2.45, 2.75) is 59.2 Å². The van der Waals surface area contributed by atoms with Crippen molar-refractivity contribution in [1.82, 2.24) is 10.3 Å². The molecule has 0 saturated heterocycles. The lowest BCUT2D eigenvalue weighted by atomic mass is 10.1. The molecule has 0 saturated carbocycles.